The van der Waals surface area contributed by atoms with Gasteiger partial charge in [0.05, 0.1) is 27.8 Å². The minimum Gasteiger partial charge on any atom is -0.490 e. The molecule has 2 saturated heterocycles. The van der Waals surface area contributed by atoms with Gasteiger partial charge >= 0.3 is 0 Å². The molecule has 3 aliphatic heterocycles. The molecule has 2 N–H and O–H groups in total. The smallest absolute Gasteiger partial charge is 0.262 e. The van der Waals surface area contributed by atoms with E-state index in [4.69, 9.17) is 9.47 Å². The molecule has 2 saturated carbocycles. The number of nitrogens with one attached hydrogen (secondary N) is 2. The van der Waals surface area contributed by atoms with Crippen molar-refractivity contribution >= 4 is 35.5 Å². The Labute approximate surface area is 366 Å². The van der Waals surface area contributed by atoms with Crippen LogP contribution in [-0.2, 0) is 9.59 Å². The highest BCUT2D eigenvalue weighted by molar-refractivity contribution is 6.23. The van der Waals surface area contributed by atoms with Crippen LogP contribution in [0.25, 0.3) is 0 Å². The number of fused-ring (bicyclic) bond motifs is 1. The lowest BCUT2D eigenvalue weighted by atomic mass is 9.49. The first-order valence-corrected chi connectivity index (χ1v) is 21.8. The summed E-state index contributed by atoms with van der Waals surface area (Å²) in [7, 11) is 0. The Kier molecular flexibility index (Phi) is 11.5. The summed E-state index contributed by atoms with van der Waals surface area (Å²) in [6, 6.07) is 13.3. The van der Waals surface area contributed by atoms with Crippen molar-refractivity contribution in [3.8, 4) is 23.6 Å². The number of anilines is 1. The molecule has 3 aromatic rings. The van der Waals surface area contributed by atoms with Gasteiger partial charge in [0.2, 0.25) is 17.8 Å². The molecule has 8 rings (SSSR count). The van der Waals surface area contributed by atoms with E-state index in [-0.39, 0.29) is 53.7 Å². The molecule has 1 atom stereocenters. The molecule has 4 fully saturated rings. The maximum Gasteiger partial charge on any atom is 0.262 e. The number of rotatable bonds is 12. The largest absolute Gasteiger partial charge is 0.490 e. The zero-order valence-corrected chi connectivity index (χ0v) is 36.5. The lowest BCUT2D eigenvalue weighted by Crippen LogP contribution is -2.74. The molecule has 0 radical (unpaired) electrons. The Balaban J connectivity index is 0.797. The minimum atomic E-state index is -1.01. The lowest BCUT2D eigenvalue weighted by molar-refractivity contribution is -0.164. The molecule has 2 aromatic carbocycles. The first kappa shape index (κ1) is 43.3. The van der Waals surface area contributed by atoms with Crippen LogP contribution in [0.4, 0.5) is 5.95 Å². The van der Waals surface area contributed by atoms with E-state index in [0.717, 1.165) is 50.2 Å². The number of benzene rings is 2. The third-order valence-corrected chi connectivity index (χ3v) is 13.8. The summed E-state index contributed by atoms with van der Waals surface area (Å²) in [6.45, 7) is 15.2. The SMILES string of the molecule is CC(C)N(CC1CCN(c2ncc(C(=O)NC3C(C)(C)C(Oc4ccc(C#N)c(C#N)c4)C3(C)C)cn2)CC1)C1CC(Oc2ccc3c(c2)C(=O)N([C@@H]2CCC(=O)NC2=O)C3=O)C1. The third-order valence-electron chi connectivity index (χ3n) is 13.8. The van der Waals surface area contributed by atoms with Gasteiger partial charge in [-0.1, -0.05) is 27.7 Å². The molecule has 16 heteroatoms. The molecule has 5 amide bonds. The molecule has 5 aliphatic rings. The highest BCUT2D eigenvalue weighted by atomic mass is 16.5. The van der Waals surface area contributed by atoms with Crippen LogP contribution in [0, 0.1) is 39.4 Å². The van der Waals surface area contributed by atoms with Crippen molar-refractivity contribution in [1.82, 2.24) is 30.4 Å². The van der Waals surface area contributed by atoms with Crippen LogP contribution in [0.15, 0.2) is 48.8 Å². The number of imide groups is 2. The van der Waals surface area contributed by atoms with E-state index in [2.05, 4.69) is 50.3 Å². The standard InChI is InChI=1S/C47H53N9O7/c1-26(2)55(31-18-34(19-31)62-33-9-10-35-36(20-33)42(61)56(41(35)60)37-11-12-38(57)52-40(37)59)25-27-13-15-54(16-14-27)45-50-23-30(24-51-45)39(58)53-43-46(3,4)44(47(43,5)6)63-32-8-7-28(21-48)29(17-32)22-49/h7-10,17,20,23-24,26-27,31,34,37,43-44H,11-16,18-19,25H2,1-6H3,(H,53,58)(H,52,57,59)/t31?,34?,37-,43?,44?/m1/s1. The second-order valence-corrected chi connectivity index (χ2v) is 19.0. The Hall–Kier alpha value is -6.39. The summed E-state index contributed by atoms with van der Waals surface area (Å²) in [5.41, 5.74) is 0.486. The Morgan fingerprint density at radius 1 is 0.889 bits per heavy atom. The summed E-state index contributed by atoms with van der Waals surface area (Å²) in [6.07, 6.45) is 6.68. The van der Waals surface area contributed by atoms with Crippen molar-refractivity contribution in [2.45, 2.75) is 116 Å². The number of piperidine rings is 2. The van der Waals surface area contributed by atoms with Gasteiger partial charge in [-0.2, -0.15) is 10.5 Å². The van der Waals surface area contributed by atoms with Crippen LogP contribution in [0.5, 0.6) is 11.5 Å². The van der Waals surface area contributed by atoms with Gasteiger partial charge in [0.15, 0.2) is 0 Å². The van der Waals surface area contributed by atoms with Crippen LogP contribution in [0.1, 0.15) is 122 Å². The van der Waals surface area contributed by atoms with Crippen molar-refractivity contribution in [3.05, 3.63) is 76.6 Å². The molecule has 63 heavy (non-hydrogen) atoms. The highest BCUT2D eigenvalue weighted by Gasteiger charge is 2.64. The predicted molar refractivity (Wildman–Crippen MR) is 228 cm³/mol. The summed E-state index contributed by atoms with van der Waals surface area (Å²) >= 11 is 0. The number of hydrogen-bond acceptors (Lipinski definition) is 13. The van der Waals surface area contributed by atoms with Gasteiger partial charge in [0, 0.05) is 80.2 Å². The fourth-order valence-electron chi connectivity index (χ4n) is 10.6. The first-order chi connectivity index (χ1) is 30.0. The van der Waals surface area contributed by atoms with Crippen LogP contribution < -0.4 is 25.0 Å². The molecular weight excluding hydrogens is 803 g/mol. The number of carbonyl (C=O) groups is 5. The number of carbonyl (C=O) groups excluding carboxylic acids is 5. The topological polar surface area (TPSA) is 211 Å². The quantitative estimate of drug-likeness (QED) is 0.236. The van der Waals surface area contributed by atoms with Crippen molar-refractivity contribution in [2.75, 3.05) is 24.5 Å². The van der Waals surface area contributed by atoms with Crippen molar-refractivity contribution in [3.63, 3.8) is 0 Å². The van der Waals surface area contributed by atoms with E-state index in [9.17, 15) is 34.5 Å². The highest BCUT2D eigenvalue weighted by Crippen LogP contribution is 2.55. The van der Waals surface area contributed by atoms with Crippen LogP contribution in [0.3, 0.4) is 0 Å². The van der Waals surface area contributed by atoms with E-state index in [1.165, 1.54) is 0 Å². The average Bonchev–Trinajstić information content (AvgIpc) is 3.49. The molecule has 328 valence electrons. The molecule has 1 aromatic heterocycles. The van der Waals surface area contributed by atoms with E-state index in [1.807, 2.05) is 33.8 Å². The molecule has 0 unspecified atom stereocenters. The molecular formula is C47H53N9O7. The normalized spacial score (nSPS) is 25.1. The predicted octanol–water partition coefficient (Wildman–Crippen LogP) is 4.77. The maximum atomic E-state index is 13.5. The van der Waals surface area contributed by atoms with Gasteiger partial charge in [-0.25, -0.2) is 9.97 Å². The van der Waals surface area contributed by atoms with Gasteiger partial charge in [0.25, 0.3) is 17.7 Å². The number of nitriles is 2. The maximum absolute atomic E-state index is 13.5. The fraction of sp³-hybridized carbons (Fsp3) is 0.511. The molecule has 0 bridgehead atoms. The van der Waals surface area contributed by atoms with Crippen molar-refractivity contribution in [1.29, 1.82) is 10.5 Å². The molecule has 0 spiro atoms. The summed E-state index contributed by atoms with van der Waals surface area (Å²) in [5, 5.41) is 24.2. The van der Waals surface area contributed by atoms with E-state index in [0.29, 0.717) is 46.6 Å². The Morgan fingerprint density at radius 2 is 1.52 bits per heavy atom. The first-order valence-electron chi connectivity index (χ1n) is 21.8. The fourth-order valence-corrected chi connectivity index (χ4v) is 10.6. The lowest BCUT2D eigenvalue weighted by Gasteiger charge is -2.63. The second-order valence-electron chi connectivity index (χ2n) is 19.0. The second kappa shape index (κ2) is 16.7. The number of amides is 5. The van der Waals surface area contributed by atoms with Crippen molar-refractivity contribution in [2.24, 2.45) is 16.7 Å². The number of aromatic nitrogens is 2. The van der Waals surface area contributed by atoms with Gasteiger partial charge < -0.3 is 19.7 Å². The molecule has 2 aliphatic carbocycles. The van der Waals surface area contributed by atoms with Crippen molar-refractivity contribution < 1.29 is 33.4 Å². The monoisotopic (exact) mass is 855 g/mol. The number of nitrogens with zero attached hydrogens (tertiary/aromatic N) is 7. The van der Waals surface area contributed by atoms with Gasteiger partial charge in [0.1, 0.15) is 41.9 Å². The number of hydrogen-bond donors (Lipinski definition) is 2. The van der Waals surface area contributed by atoms with E-state index in [1.54, 1.807) is 48.8 Å². The molecule has 4 heterocycles. The number of ether oxygens (including phenoxy) is 2. The summed E-state index contributed by atoms with van der Waals surface area (Å²) < 4.78 is 12.7. The van der Waals surface area contributed by atoms with Gasteiger partial charge in [-0.05, 0) is 75.4 Å². The van der Waals surface area contributed by atoms with Crippen LogP contribution >= 0.6 is 0 Å². The van der Waals surface area contributed by atoms with E-state index < -0.39 is 40.5 Å². The molecule has 16 nitrogen and oxygen atoms in total. The Bertz CT molecular complexity index is 2410. The zero-order chi connectivity index (χ0) is 45.0. The minimum absolute atomic E-state index is 0.0332. The van der Waals surface area contributed by atoms with Gasteiger partial charge in [-0.15, -0.1) is 0 Å². The van der Waals surface area contributed by atoms with Gasteiger partial charge in [-0.3, -0.25) is 39.1 Å². The Morgan fingerprint density at radius 3 is 2.16 bits per heavy atom. The summed E-state index contributed by atoms with van der Waals surface area (Å²) in [5.74, 6) is -0.294. The van der Waals surface area contributed by atoms with Crippen LogP contribution in [0.2, 0.25) is 0 Å². The van der Waals surface area contributed by atoms with E-state index >= 15 is 0 Å². The zero-order valence-electron chi connectivity index (χ0n) is 36.5. The summed E-state index contributed by atoms with van der Waals surface area (Å²) in [4.78, 5) is 78.9. The van der Waals surface area contributed by atoms with Crippen LogP contribution in [-0.4, -0.2) is 105 Å². The third kappa shape index (κ3) is 8.08. The average molecular weight is 856 g/mol.